The second kappa shape index (κ2) is 13.1. The van der Waals surface area contributed by atoms with Gasteiger partial charge in [-0.3, -0.25) is 4.68 Å². The van der Waals surface area contributed by atoms with E-state index in [9.17, 15) is 30.8 Å². The molecule has 46 heavy (non-hydrogen) atoms. The predicted molar refractivity (Wildman–Crippen MR) is 166 cm³/mol. The molecule has 1 aliphatic rings. The predicted octanol–water partition coefficient (Wildman–Crippen LogP) is 7.76. The molecule has 3 aromatic heterocycles. The zero-order valence-electron chi connectivity index (χ0n) is 26.2. The maximum atomic E-state index is 14.4. The molecule has 0 fully saturated rings. The van der Waals surface area contributed by atoms with E-state index in [4.69, 9.17) is 9.47 Å². The van der Waals surface area contributed by atoms with Gasteiger partial charge in [0.15, 0.2) is 0 Å². The van der Waals surface area contributed by atoms with Gasteiger partial charge in [-0.15, -0.1) is 11.3 Å². The van der Waals surface area contributed by atoms with E-state index < -0.39 is 39.0 Å². The molecule has 1 aromatic carbocycles. The molecule has 0 aliphatic carbocycles. The summed E-state index contributed by atoms with van der Waals surface area (Å²) in [7, 11) is -6.08. The number of carbonyl (C=O) groups excluding carboxylic acids is 1. The van der Waals surface area contributed by atoms with Crippen LogP contribution in [0.5, 0.6) is 11.6 Å². The van der Waals surface area contributed by atoms with E-state index >= 15 is 0 Å². The highest BCUT2D eigenvalue weighted by atomic mass is 32.2. The van der Waals surface area contributed by atoms with Crippen LogP contribution in [0.1, 0.15) is 54.2 Å². The molecule has 0 saturated heterocycles. The minimum absolute atomic E-state index is 0.0125. The lowest BCUT2D eigenvalue weighted by atomic mass is 9.99. The van der Waals surface area contributed by atoms with Crippen molar-refractivity contribution in [3.05, 3.63) is 47.2 Å². The summed E-state index contributed by atoms with van der Waals surface area (Å²) in [6.07, 6.45) is -0.899. The second-order valence-electron chi connectivity index (χ2n) is 11.2. The van der Waals surface area contributed by atoms with Crippen LogP contribution in [0.15, 0.2) is 35.7 Å². The fourth-order valence-corrected chi connectivity index (χ4v) is 5.94. The van der Waals surface area contributed by atoms with Crippen LogP contribution in [0.2, 0.25) is 0 Å². The number of fused-ring (bicyclic) bond motifs is 2. The molecule has 0 saturated carbocycles. The number of alkyl halides is 3. The minimum Gasteiger partial charge on any atom is -0.490 e. The molecule has 10 nitrogen and oxygen atoms in total. The molecule has 16 heteroatoms. The fourth-order valence-electron chi connectivity index (χ4n) is 4.56. The first-order valence-corrected chi connectivity index (χ1v) is 16.7. The summed E-state index contributed by atoms with van der Waals surface area (Å²) < 4.78 is 96.3. The van der Waals surface area contributed by atoms with Gasteiger partial charge in [0.2, 0.25) is 5.88 Å². The van der Waals surface area contributed by atoms with Gasteiger partial charge in [0, 0.05) is 28.4 Å². The third kappa shape index (κ3) is 7.38. The lowest BCUT2D eigenvalue weighted by Crippen LogP contribution is -2.41. The number of halogens is 4. The Balaban J connectivity index is 0.00000235. The Morgan fingerprint density at radius 2 is 1.76 bits per heavy atom. The number of benzene rings is 1. The summed E-state index contributed by atoms with van der Waals surface area (Å²) in [5.41, 5.74) is -5.05. The van der Waals surface area contributed by atoms with Gasteiger partial charge in [0.05, 0.1) is 30.3 Å². The molecule has 4 heterocycles. The number of amides is 1. The Morgan fingerprint density at radius 3 is 2.39 bits per heavy atom. The molecule has 0 atom stereocenters. The van der Waals surface area contributed by atoms with Crippen LogP contribution in [0.25, 0.3) is 32.6 Å². The Morgan fingerprint density at radius 1 is 1.07 bits per heavy atom. The van der Waals surface area contributed by atoms with Crippen molar-refractivity contribution >= 4 is 37.6 Å². The smallest absolute Gasteiger partial charge is 0.490 e. The molecular formula is C30H34F4N4O6S2. The zero-order chi connectivity index (χ0) is 34.2. The molecule has 1 aliphatic heterocycles. The van der Waals surface area contributed by atoms with Crippen molar-refractivity contribution in [3.8, 4) is 34.1 Å². The molecule has 4 aromatic rings. The van der Waals surface area contributed by atoms with Crippen molar-refractivity contribution in [2.24, 2.45) is 0 Å². The van der Waals surface area contributed by atoms with Crippen molar-refractivity contribution in [2.45, 2.75) is 78.8 Å². The number of thiophene rings is 1. The van der Waals surface area contributed by atoms with E-state index in [1.807, 2.05) is 13.8 Å². The topological polar surface area (TPSA) is 113 Å². The van der Waals surface area contributed by atoms with Gasteiger partial charge in [-0.2, -0.15) is 26.7 Å². The SMILES string of the molecule is CC.CC(C)Oc1cc(F)ccc1-c1c(-c2cc3n(n2)CCN(C(=O)OC(C)(C)C)C3)nc(OS(=O)(=O)C(F)(F)F)c2ccsc12. The number of rotatable bonds is 6. The lowest BCUT2D eigenvalue weighted by Gasteiger charge is -2.30. The maximum Gasteiger partial charge on any atom is 0.534 e. The summed E-state index contributed by atoms with van der Waals surface area (Å²) >= 11 is 1.09. The van der Waals surface area contributed by atoms with Gasteiger partial charge < -0.3 is 18.6 Å². The summed E-state index contributed by atoms with van der Waals surface area (Å²) in [4.78, 5) is 18.5. The number of aromatic nitrogens is 3. The van der Waals surface area contributed by atoms with E-state index in [1.165, 1.54) is 34.5 Å². The fraction of sp³-hybridized carbons (Fsp3) is 0.433. The number of carbonyl (C=O) groups is 1. The first kappa shape index (κ1) is 34.9. The van der Waals surface area contributed by atoms with Gasteiger partial charge in [-0.1, -0.05) is 13.8 Å². The number of hydrogen-bond donors (Lipinski definition) is 0. The highest BCUT2D eigenvalue weighted by Crippen LogP contribution is 2.46. The monoisotopic (exact) mass is 686 g/mol. The van der Waals surface area contributed by atoms with Crippen LogP contribution >= 0.6 is 11.3 Å². The molecule has 0 spiro atoms. The largest absolute Gasteiger partial charge is 0.534 e. The average Bonchev–Trinajstić information content (AvgIpc) is 3.60. The average molecular weight is 687 g/mol. The summed E-state index contributed by atoms with van der Waals surface area (Å²) in [5.74, 6) is -1.25. The van der Waals surface area contributed by atoms with Gasteiger partial charge in [-0.05, 0) is 64.3 Å². The highest BCUT2D eigenvalue weighted by Gasteiger charge is 2.49. The first-order valence-electron chi connectivity index (χ1n) is 14.4. The van der Waals surface area contributed by atoms with Gasteiger partial charge in [0.25, 0.3) is 0 Å². The molecule has 0 radical (unpaired) electrons. The Labute approximate surface area is 268 Å². The maximum absolute atomic E-state index is 14.4. The van der Waals surface area contributed by atoms with Crippen molar-refractivity contribution in [2.75, 3.05) is 6.54 Å². The third-order valence-electron chi connectivity index (χ3n) is 6.31. The second-order valence-corrected chi connectivity index (χ2v) is 13.7. The summed E-state index contributed by atoms with van der Waals surface area (Å²) in [5, 5.41) is 6.12. The Kier molecular flexibility index (Phi) is 9.92. The first-order chi connectivity index (χ1) is 21.4. The van der Waals surface area contributed by atoms with Crippen LogP contribution in [0.4, 0.5) is 22.4 Å². The van der Waals surface area contributed by atoms with Crippen LogP contribution in [0, 0.1) is 5.82 Å². The van der Waals surface area contributed by atoms with Gasteiger partial charge in [0.1, 0.15) is 28.6 Å². The van der Waals surface area contributed by atoms with E-state index in [0.717, 1.165) is 11.3 Å². The van der Waals surface area contributed by atoms with Crippen LogP contribution in [-0.2, 0) is 27.9 Å². The normalized spacial score (nSPS) is 13.7. The quantitative estimate of drug-likeness (QED) is 0.115. The molecule has 0 N–H and O–H groups in total. The van der Waals surface area contributed by atoms with Crippen molar-refractivity contribution < 1.29 is 44.4 Å². The van der Waals surface area contributed by atoms with Crippen molar-refractivity contribution in [1.82, 2.24) is 19.7 Å². The van der Waals surface area contributed by atoms with E-state index in [-0.39, 0.29) is 48.3 Å². The van der Waals surface area contributed by atoms with Gasteiger partial charge >= 0.3 is 21.7 Å². The summed E-state index contributed by atoms with van der Waals surface area (Å²) in [6.45, 7) is 13.4. The van der Waals surface area contributed by atoms with Crippen LogP contribution in [-0.4, -0.2) is 57.9 Å². The molecule has 0 unspecified atom stereocenters. The third-order valence-corrected chi connectivity index (χ3v) is 8.19. The number of pyridine rings is 1. The Bertz CT molecular complexity index is 1850. The summed E-state index contributed by atoms with van der Waals surface area (Å²) in [6, 6.07) is 6.79. The number of nitrogens with zero attached hydrogens (tertiary/aromatic N) is 4. The molecule has 0 bridgehead atoms. The van der Waals surface area contributed by atoms with E-state index in [0.29, 0.717) is 21.5 Å². The van der Waals surface area contributed by atoms with Crippen LogP contribution in [0.3, 0.4) is 0 Å². The molecule has 1 amide bonds. The molecular weight excluding hydrogens is 652 g/mol. The van der Waals surface area contributed by atoms with Crippen LogP contribution < -0.4 is 8.92 Å². The number of hydrogen-bond acceptors (Lipinski definition) is 9. The Hall–Kier alpha value is -3.92. The highest BCUT2D eigenvalue weighted by molar-refractivity contribution is 7.88. The lowest BCUT2D eigenvalue weighted by molar-refractivity contribution is -0.0500. The van der Waals surface area contributed by atoms with Crippen molar-refractivity contribution in [3.63, 3.8) is 0 Å². The standard InChI is InChI=1S/C28H28F4N4O6S2.C2H6/c1-15(2)40-21-12-16(29)6-7-18(21)22-23(33-25(19-8-11-43-24(19)22)42-44(38,39)28(30,31)32)20-13-17-14-35(9-10-36(17)34-20)26(37)41-27(3,4)5;1-2/h6-8,11-13,15H,9-10,14H2,1-5H3;1-2H3. The molecule has 250 valence electrons. The van der Waals surface area contributed by atoms with E-state index in [1.54, 1.807) is 45.4 Å². The van der Waals surface area contributed by atoms with Gasteiger partial charge in [-0.25, -0.2) is 14.2 Å². The van der Waals surface area contributed by atoms with Crippen molar-refractivity contribution in [1.29, 1.82) is 0 Å². The molecule has 5 rings (SSSR count). The van der Waals surface area contributed by atoms with E-state index in [2.05, 4.69) is 14.3 Å². The minimum atomic E-state index is -6.08. The number of ether oxygens (including phenoxy) is 2. The zero-order valence-corrected chi connectivity index (χ0v) is 27.9.